The third-order valence-corrected chi connectivity index (χ3v) is 2.22. The maximum absolute atomic E-state index is 9.51. The molecule has 1 aromatic carbocycles. The molecule has 82 valence electrons. The number of rotatable bonds is 2. The van der Waals surface area contributed by atoms with Crippen LogP contribution in [0.5, 0.6) is 11.5 Å². The first-order valence-corrected chi connectivity index (χ1v) is 4.88. The highest BCUT2D eigenvalue weighted by Gasteiger charge is 2.04. The van der Waals surface area contributed by atoms with E-state index < -0.39 is 0 Å². The minimum Gasteiger partial charge on any atom is -0.508 e. The molecule has 0 aliphatic carbocycles. The molecule has 4 heteroatoms. The van der Waals surface area contributed by atoms with E-state index in [1.165, 1.54) is 0 Å². The van der Waals surface area contributed by atoms with Crippen LogP contribution in [0.3, 0.4) is 0 Å². The van der Waals surface area contributed by atoms with E-state index in [4.69, 9.17) is 4.74 Å². The fraction of sp³-hybridized carbons (Fsp3) is 0.167. The minimum atomic E-state index is 0.150. The van der Waals surface area contributed by atoms with Gasteiger partial charge >= 0.3 is 0 Å². The van der Waals surface area contributed by atoms with Crippen molar-refractivity contribution in [1.29, 1.82) is 0 Å². The van der Waals surface area contributed by atoms with Crippen LogP contribution in [0.4, 0.5) is 0 Å². The van der Waals surface area contributed by atoms with E-state index in [-0.39, 0.29) is 5.75 Å². The second kappa shape index (κ2) is 4.18. The average molecular weight is 216 g/mol. The Morgan fingerprint density at radius 3 is 2.56 bits per heavy atom. The quantitative estimate of drug-likeness (QED) is 0.835. The van der Waals surface area contributed by atoms with Gasteiger partial charge in [0.05, 0.1) is 18.5 Å². The van der Waals surface area contributed by atoms with Gasteiger partial charge in [0.1, 0.15) is 11.5 Å². The highest BCUT2D eigenvalue weighted by atomic mass is 16.5. The zero-order chi connectivity index (χ0) is 11.5. The lowest BCUT2D eigenvalue weighted by Gasteiger charge is -2.05. The third kappa shape index (κ3) is 2.11. The number of ether oxygens (including phenoxy) is 1. The van der Waals surface area contributed by atoms with E-state index >= 15 is 0 Å². The van der Waals surface area contributed by atoms with Gasteiger partial charge in [-0.15, -0.1) is 0 Å². The first kappa shape index (κ1) is 10.4. The Hall–Kier alpha value is -2.10. The van der Waals surface area contributed by atoms with Crippen LogP contribution in [-0.2, 0) is 0 Å². The predicted octanol–water partition coefficient (Wildman–Crippen LogP) is 2.17. The number of benzene rings is 1. The Bertz CT molecular complexity index is 495. The van der Waals surface area contributed by atoms with E-state index in [1.54, 1.807) is 25.3 Å². The summed E-state index contributed by atoms with van der Waals surface area (Å²) in [6.07, 6.45) is 0. The molecule has 0 aliphatic heterocycles. The van der Waals surface area contributed by atoms with Crippen molar-refractivity contribution < 1.29 is 9.84 Å². The smallest absolute Gasteiger partial charge is 0.123 e. The number of phenols is 1. The molecular formula is C12H12N2O2. The van der Waals surface area contributed by atoms with Crippen LogP contribution < -0.4 is 4.74 Å². The lowest BCUT2D eigenvalue weighted by molar-refractivity contribution is 0.408. The van der Waals surface area contributed by atoms with Gasteiger partial charge in [0, 0.05) is 11.6 Å². The number of aryl methyl sites for hydroxylation is 1. The normalized spacial score (nSPS) is 10.1. The molecule has 0 atom stereocenters. The molecule has 0 spiro atoms. The van der Waals surface area contributed by atoms with Gasteiger partial charge in [0.25, 0.3) is 0 Å². The van der Waals surface area contributed by atoms with Gasteiger partial charge in [-0.25, -0.2) is 0 Å². The Morgan fingerprint density at radius 2 is 1.94 bits per heavy atom. The van der Waals surface area contributed by atoms with Crippen molar-refractivity contribution in [2.45, 2.75) is 6.92 Å². The standard InChI is InChI=1S/C12H12N2O2/c1-8-3-4-12(14-13-8)9-5-10(15)7-11(6-9)16-2/h3-7,15H,1-2H3. The molecule has 1 heterocycles. The molecule has 2 rings (SSSR count). The number of phenolic OH excluding ortho intramolecular Hbond substituents is 1. The van der Waals surface area contributed by atoms with Gasteiger partial charge in [-0.1, -0.05) is 0 Å². The number of methoxy groups -OCH3 is 1. The molecule has 16 heavy (non-hydrogen) atoms. The number of hydrogen-bond donors (Lipinski definition) is 1. The first-order valence-electron chi connectivity index (χ1n) is 4.88. The summed E-state index contributed by atoms with van der Waals surface area (Å²) in [7, 11) is 1.55. The van der Waals surface area contributed by atoms with Crippen molar-refractivity contribution in [1.82, 2.24) is 10.2 Å². The maximum Gasteiger partial charge on any atom is 0.123 e. The van der Waals surface area contributed by atoms with Crippen LogP contribution >= 0.6 is 0 Å². The van der Waals surface area contributed by atoms with E-state index in [9.17, 15) is 5.11 Å². The largest absolute Gasteiger partial charge is 0.508 e. The molecule has 0 amide bonds. The molecule has 1 N–H and O–H groups in total. The van der Waals surface area contributed by atoms with E-state index in [2.05, 4.69) is 10.2 Å². The topological polar surface area (TPSA) is 55.2 Å². The second-order valence-electron chi connectivity index (χ2n) is 3.48. The fourth-order valence-corrected chi connectivity index (χ4v) is 1.40. The van der Waals surface area contributed by atoms with Crippen molar-refractivity contribution in [2.24, 2.45) is 0 Å². The summed E-state index contributed by atoms with van der Waals surface area (Å²) < 4.78 is 5.07. The van der Waals surface area contributed by atoms with Gasteiger partial charge in [0.15, 0.2) is 0 Å². The molecule has 1 aromatic heterocycles. The third-order valence-electron chi connectivity index (χ3n) is 2.22. The minimum absolute atomic E-state index is 0.150. The van der Waals surface area contributed by atoms with Crippen LogP contribution in [0.1, 0.15) is 5.69 Å². The average Bonchev–Trinajstić information content (AvgIpc) is 2.29. The van der Waals surface area contributed by atoms with Crippen molar-refractivity contribution in [3.05, 3.63) is 36.0 Å². The van der Waals surface area contributed by atoms with E-state index in [0.717, 1.165) is 11.3 Å². The first-order chi connectivity index (χ1) is 7.69. The molecular weight excluding hydrogens is 204 g/mol. The Labute approximate surface area is 93.5 Å². The Kier molecular flexibility index (Phi) is 2.72. The van der Waals surface area contributed by atoms with Crippen molar-refractivity contribution in [2.75, 3.05) is 7.11 Å². The Morgan fingerprint density at radius 1 is 1.12 bits per heavy atom. The molecule has 0 aliphatic rings. The summed E-state index contributed by atoms with van der Waals surface area (Å²) in [5.74, 6) is 0.745. The molecule has 4 nitrogen and oxygen atoms in total. The zero-order valence-corrected chi connectivity index (χ0v) is 9.14. The molecule has 0 saturated carbocycles. The molecule has 0 radical (unpaired) electrons. The van der Waals surface area contributed by atoms with Crippen molar-refractivity contribution in [3.8, 4) is 22.8 Å². The van der Waals surface area contributed by atoms with E-state index in [1.807, 2.05) is 19.1 Å². The van der Waals surface area contributed by atoms with Crippen LogP contribution in [0.2, 0.25) is 0 Å². The van der Waals surface area contributed by atoms with Crippen LogP contribution in [-0.4, -0.2) is 22.4 Å². The molecule has 0 fully saturated rings. The summed E-state index contributed by atoms with van der Waals surface area (Å²) in [6.45, 7) is 1.87. The maximum atomic E-state index is 9.51. The number of aromatic nitrogens is 2. The summed E-state index contributed by atoms with van der Waals surface area (Å²) >= 11 is 0. The summed E-state index contributed by atoms with van der Waals surface area (Å²) in [5, 5.41) is 17.5. The van der Waals surface area contributed by atoms with Gasteiger partial charge in [-0.05, 0) is 31.2 Å². The molecule has 0 saturated heterocycles. The summed E-state index contributed by atoms with van der Waals surface area (Å²) in [4.78, 5) is 0. The van der Waals surface area contributed by atoms with Crippen LogP contribution in [0.25, 0.3) is 11.3 Å². The van der Waals surface area contributed by atoms with Gasteiger partial charge in [-0.3, -0.25) is 0 Å². The SMILES string of the molecule is COc1cc(O)cc(-c2ccc(C)nn2)c1. The zero-order valence-electron chi connectivity index (χ0n) is 9.14. The fourth-order valence-electron chi connectivity index (χ4n) is 1.40. The Balaban J connectivity index is 2.47. The predicted molar refractivity (Wildman–Crippen MR) is 60.4 cm³/mol. The second-order valence-corrected chi connectivity index (χ2v) is 3.48. The van der Waals surface area contributed by atoms with Crippen molar-refractivity contribution in [3.63, 3.8) is 0 Å². The number of hydrogen-bond acceptors (Lipinski definition) is 4. The lowest BCUT2D eigenvalue weighted by Crippen LogP contribution is -1.90. The molecule has 2 aromatic rings. The van der Waals surface area contributed by atoms with Crippen LogP contribution in [0, 0.1) is 6.92 Å². The van der Waals surface area contributed by atoms with Gasteiger partial charge < -0.3 is 9.84 Å². The van der Waals surface area contributed by atoms with Crippen molar-refractivity contribution >= 4 is 0 Å². The number of nitrogens with zero attached hydrogens (tertiary/aromatic N) is 2. The highest BCUT2D eigenvalue weighted by molar-refractivity contribution is 5.63. The highest BCUT2D eigenvalue weighted by Crippen LogP contribution is 2.27. The number of aromatic hydroxyl groups is 1. The molecule has 0 bridgehead atoms. The van der Waals surface area contributed by atoms with E-state index in [0.29, 0.717) is 11.4 Å². The summed E-state index contributed by atoms with van der Waals surface area (Å²) in [5.41, 5.74) is 2.35. The monoisotopic (exact) mass is 216 g/mol. The summed E-state index contributed by atoms with van der Waals surface area (Å²) in [6, 6.07) is 8.71. The lowest BCUT2D eigenvalue weighted by atomic mass is 10.1. The van der Waals surface area contributed by atoms with Crippen LogP contribution in [0.15, 0.2) is 30.3 Å². The van der Waals surface area contributed by atoms with Gasteiger partial charge in [0.2, 0.25) is 0 Å². The molecule has 0 unspecified atom stereocenters. The van der Waals surface area contributed by atoms with Gasteiger partial charge in [-0.2, -0.15) is 10.2 Å².